The van der Waals surface area contributed by atoms with Gasteiger partial charge in [0.15, 0.2) is 5.65 Å². The molecule has 4 aromatic heterocycles. The topological polar surface area (TPSA) is 35.1 Å². The van der Waals surface area contributed by atoms with Crippen LogP contribution in [0.4, 0.5) is 0 Å². The smallest absolute Gasteiger partial charge is 0.156 e. The van der Waals surface area contributed by atoms with E-state index in [0.29, 0.717) is 5.02 Å². The van der Waals surface area contributed by atoms with Crippen molar-refractivity contribution in [2.45, 2.75) is 27.7 Å². The largest absolute Gasteiger partial charge is 0.317 e. The highest BCUT2D eigenvalue weighted by molar-refractivity contribution is 7.14. The van der Waals surface area contributed by atoms with E-state index in [1.54, 1.807) is 11.3 Å². The molecule has 0 aliphatic rings. The molecule has 0 bridgehead atoms. The zero-order valence-corrected chi connectivity index (χ0v) is 15.5. The van der Waals surface area contributed by atoms with Crippen LogP contribution in [0.3, 0.4) is 0 Å². The number of rotatable bonds is 2. The summed E-state index contributed by atoms with van der Waals surface area (Å²) in [7, 11) is 0. The highest BCUT2D eigenvalue weighted by atomic mass is 35.5. The van der Waals surface area contributed by atoms with Gasteiger partial charge in [-0.3, -0.25) is 0 Å². The third kappa shape index (κ3) is 2.19. The maximum Gasteiger partial charge on any atom is 0.156 e. The molecule has 0 atom stereocenters. The van der Waals surface area contributed by atoms with E-state index in [9.17, 15) is 0 Å². The number of halogens is 1. The first-order valence-corrected chi connectivity index (χ1v) is 8.99. The number of hydrogen-bond donors (Lipinski definition) is 0. The van der Waals surface area contributed by atoms with Gasteiger partial charge in [-0.1, -0.05) is 11.6 Å². The molecule has 6 heteroatoms. The molecule has 4 aromatic rings. The van der Waals surface area contributed by atoms with E-state index in [0.717, 1.165) is 33.3 Å². The fourth-order valence-corrected chi connectivity index (χ4v) is 4.06. The fourth-order valence-electron chi connectivity index (χ4n) is 3.10. The molecule has 4 rings (SSSR count). The lowest BCUT2D eigenvalue weighted by Crippen LogP contribution is -2.00. The number of hydrogen-bond acceptors (Lipinski definition) is 3. The molecule has 0 aliphatic heterocycles. The summed E-state index contributed by atoms with van der Waals surface area (Å²) in [5.41, 5.74) is 7.07. The van der Waals surface area contributed by atoms with E-state index in [4.69, 9.17) is 16.7 Å². The van der Waals surface area contributed by atoms with Crippen molar-refractivity contribution in [1.29, 1.82) is 0 Å². The van der Waals surface area contributed by atoms with E-state index in [1.807, 2.05) is 24.4 Å². The van der Waals surface area contributed by atoms with Gasteiger partial charge in [0.1, 0.15) is 5.69 Å². The number of aryl methyl sites for hydroxylation is 4. The first-order chi connectivity index (χ1) is 11.5. The van der Waals surface area contributed by atoms with Crippen LogP contribution in [-0.4, -0.2) is 19.2 Å². The summed E-state index contributed by atoms with van der Waals surface area (Å²) >= 11 is 8.01. The van der Waals surface area contributed by atoms with Crippen molar-refractivity contribution in [2.24, 2.45) is 0 Å². The minimum atomic E-state index is 0.667. The predicted molar refractivity (Wildman–Crippen MR) is 99.6 cm³/mol. The van der Waals surface area contributed by atoms with Crippen molar-refractivity contribution < 1.29 is 0 Å². The van der Waals surface area contributed by atoms with Gasteiger partial charge in [0.05, 0.1) is 27.0 Å². The average Bonchev–Trinajstić information content (AvgIpc) is 3.24. The molecule has 0 fully saturated rings. The van der Waals surface area contributed by atoms with Crippen molar-refractivity contribution in [1.82, 2.24) is 19.2 Å². The Morgan fingerprint density at radius 1 is 1.04 bits per heavy atom. The molecule has 122 valence electrons. The van der Waals surface area contributed by atoms with Gasteiger partial charge in [-0.25, -0.2) is 9.50 Å². The standard InChI is InChI=1S/C18H17ClN4S/c1-10-5-6-11(2)22(10)15-7-8-24-18(15)14-9-16-20-12(3)17(19)13(4)23(16)21-14/h5-9H,1-4H3. The Bertz CT molecular complexity index is 1050. The molecule has 0 spiro atoms. The summed E-state index contributed by atoms with van der Waals surface area (Å²) in [5.74, 6) is 0. The molecule has 0 saturated carbocycles. The van der Waals surface area contributed by atoms with Gasteiger partial charge in [-0.15, -0.1) is 11.3 Å². The van der Waals surface area contributed by atoms with E-state index in [1.165, 1.54) is 11.4 Å². The first-order valence-electron chi connectivity index (χ1n) is 7.73. The van der Waals surface area contributed by atoms with Gasteiger partial charge < -0.3 is 4.57 Å². The van der Waals surface area contributed by atoms with E-state index in [-0.39, 0.29) is 0 Å². The van der Waals surface area contributed by atoms with Crippen LogP contribution in [0.2, 0.25) is 5.02 Å². The molecule has 0 unspecified atom stereocenters. The van der Waals surface area contributed by atoms with Gasteiger partial charge in [0.25, 0.3) is 0 Å². The van der Waals surface area contributed by atoms with E-state index < -0.39 is 0 Å². The van der Waals surface area contributed by atoms with Crippen molar-refractivity contribution in [3.63, 3.8) is 0 Å². The lowest BCUT2D eigenvalue weighted by atomic mass is 10.3. The zero-order chi connectivity index (χ0) is 17.0. The van der Waals surface area contributed by atoms with Crippen LogP contribution in [0.15, 0.2) is 29.6 Å². The zero-order valence-electron chi connectivity index (χ0n) is 14.0. The minimum Gasteiger partial charge on any atom is -0.317 e. The number of nitrogens with zero attached hydrogens (tertiary/aromatic N) is 4. The van der Waals surface area contributed by atoms with Crippen molar-refractivity contribution in [3.05, 3.63) is 57.4 Å². The predicted octanol–water partition coefficient (Wildman–Crippen LogP) is 5.14. The Morgan fingerprint density at radius 2 is 1.75 bits per heavy atom. The van der Waals surface area contributed by atoms with Crippen LogP contribution in [0, 0.1) is 27.7 Å². The molecule has 0 aromatic carbocycles. The third-order valence-electron chi connectivity index (χ3n) is 4.31. The number of aromatic nitrogens is 4. The van der Waals surface area contributed by atoms with E-state index in [2.05, 4.69) is 47.0 Å². The maximum absolute atomic E-state index is 6.32. The highest BCUT2D eigenvalue weighted by Crippen LogP contribution is 2.34. The first kappa shape index (κ1) is 15.4. The quantitative estimate of drug-likeness (QED) is 0.498. The third-order valence-corrected chi connectivity index (χ3v) is 5.79. The molecular weight excluding hydrogens is 340 g/mol. The maximum atomic E-state index is 6.32. The fraction of sp³-hybridized carbons (Fsp3) is 0.222. The second kappa shape index (κ2) is 5.46. The Kier molecular flexibility index (Phi) is 3.51. The van der Waals surface area contributed by atoms with Gasteiger partial charge in [0.2, 0.25) is 0 Å². The van der Waals surface area contributed by atoms with Gasteiger partial charge in [-0.05, 0) is 51.3 Å². The van der Waals surface area contributed by atoms with Gasteiger partial charge in [-0.2, -0.15) is 5.10 Å². The second-order valence-electron chi connectivity index (χ2n) is 5.98. The van der Waals surface area contributed by atoms with Crippen LogP contribution in [0.5, 0.6) is 0 Å². The molecule has 0 saturated heterocycles. The Balaban J connectivity index is 1.94. The van der Waals surface area contributed by atoms with Crippen molar-refractivity contribution in [2.75, 3.05) is 0 Å². The Labute approximate surface area is 149 Å². The molecule has 24 heavy (non-hydrogen) atoms. The lowest BCUT2D eigenvalue weighted by Gasteiger charge is -2.09. The van der Waals surface area contributed by atoms with Crippen LogP contribution in [-0.2, 0) is 0 Å². The van der Waals surface area contributed by atoms with Crippen molar-refractivity contribution in [3.8, 4) is 16.3 Å². The Morgan fingerprint density at radius 3 is 2.46 bits per heavy atom. The van der Waals surface area contributed by atoms with Crippen LogP contribution >= 0.6 is 22.9 Å². The minimum absolute atomic E-state index is 0.667. The SMILES string of the molecule is Cc1nc2cc(-c3sccc3-n3c(C)ccc3C)nn2c(C)c1Cl. The monoisotopic (exact) mass is 356 g/mol. The normalized spacial score (nSPS) is 11.5. The van der Waals surface area contributed by atoms with Gasteiger partial charge in [0, 0.05) is 17.5 Å². The van der Waals surface area contributed by atoms with Gasteiger partial charge >= 0.3 is 0 Å². The second-order valence-corrected chi connectivity index (χ2v) is 7.28. The molecule has 0 radical (unpaired) electrons. The molecule has 4 heterocycles. The van der Waals surface area contributed by atoms with Crippen molar-refractivity contribution >= 4 is 28.6 Å². The average molecular weight is 357 g/mol. The van der Waals surface area contributed by atoms with Crippen LogP contribution in [0.1, 0.15) is 22.8 Å². The Hall–Kier alpha value is -2.11. The summed E-state index contributed by atoms with van der Waals surface area (Å²) in [6, 6.07) is 8.44. The van der Waals surface area contributed by atoms with E-state index >= 15 is 0 Å². The molecular formula is C18H17ClN4S. The molecule has 4 nitrogen and oxygen atoms in total. The molecule has 0 N–H and O–H groups in total. The summed E-state index contributed by atoms with van der Waals surface area (Å²) in [6.45, 7) is 8.13. The molecule has 0 aliphatic carbocycles. The summed E-state index contributed by atoms with van der Waals surface area (Å²) in [5, 5.41) is 7.52. The highest BCUT2D eigenvalue weighted by Gasteiger charge is 2.17. The van der Waals surface area contributed by atoms with Crippen LogP contribution < -0.4 is 0 Å². The van der Waals surface area contributed by atoms with Crippen LogP contribution in [0.25, 0.3) is 21.9 Å². The number of thiophene rings is 1. The lowest BCUT2D eigenvalue weighted by molar-refractivity contribution is 0.889. The molecule has 0 amide bonds. The number of fused-ring (bicyclic) bond motifs is 1. The summed E-state index contributed by atoms with van der Waals surface area (Å²) in [4.78, 5) is 5.70. The summed E-state index contributed by atoms with van der Waals surface area (Å²) < 4.78 is 4.08. The summed E-state index contributed by atoms with van der Waals surface area (Å²) in [6.07, 6.45) is 0.